The van der Waals surface area contributed by atoms with Crippen LogP contribution in [0, 0.1) is 0 Å². The number of aromatic nitrogens is 1. The fraction of sp³-hybridized carbons (Fsp3) is 0.409. The third-order valence-corrected chi connectivity index (χ3v) is 5.07. The molecule has 1 aromatic carbocycles. The van der Waals surface area contributed by atoms with Gasteiger partial charge in [0.25, 0.3) is 5.56 Å². The second kappa shape index (κ2) is 11.8. The smallest absolute Gasteiger partial charge is 0.340 e. The summed E-state index contributed by atoms with van der Waals surface area (Å²) in [6.07, 6.45) is 1.32. The molecule has 8 nitrogen and oxygen atoms in total. The number of aliphatic carboxylic acids is 1. The first-order chi connectivity index (χ1) is 15.2. The summed E-state index contributed by atoms with van der Waals surface area (Å²) >= 11 is 6.15. The molecule has 0 saturated heterocycles. The Morgan fingerprint density at radius 3 is 2.59 bits per heavy atom. The molecule has 1 heterocycles. The first-order valence-electron chi connectivity index (χ1n) is 9.98. The Bertz CT molecular complexity index is 1030. The van der Waals surface area contributed by atoms with Gasteiger partial charge in [-0.15, -0.1) is 0 Å². The minimum Gasteiger partial charge on any atom is -0.480 e. The molecule has 32 heavy (non-hydrogen) atoms. The number of hydrogen-bond acceptors (Lipinski definition) is 6. The van der Waals surface area contributed by atoms with Crippen LogP contribution in [-0.4, -0.2) is 54.7 Å². The zero-order valence-electron chi connectivity index (χ0n) is 17.8. The molecule has 0 fully saturated rings. The first kappa shape index (κ1) is 25.5. The summed E-state index contributed by atoms with van der Waals surface area (Å²) in [6.45, 7) is 1.03. The van der Waals surface area contributed by atoms with E-state index in [-0.39, 0.29) is 37.2 Å². The topological polar surface area (TPSA) is 121 Å². The molecule has 2 atom stereocenters. The van der Waals surface area contributed by atoms with Crippen LogP contribution in [0.5, 0.6) is 0 Å². The second-order valence-electron chi connectivity index (χ2n) is 7.12. The van der Waals surface area contributed by atoms with Crippen LogP contribution in [0.15, 0.2) is 35.3 Å². The fourth-order valence-electron chi connectivity index (χ4n) is 3.31. The molecule has 2 unspecified atom stereocenters. The molecule has 0 aliphatic carbocycles. The summed E-state index contributed by atoms with van der Waals surface area (Å²) in [6, 6.07) is 3.91. The lowest BCUT2D eigenvalue weighted by molar-refractivity contribution is -0.141. The van der Waals surface area contributed by atoms with Crippen LogP contribution in [0.4, 0.5) is 4.39 Å². The zero-order valence-corrected chi connectivity index (χ0v) is 18.6. The molecule has 0 bridgehead atoms. The highest BCUT2D eigenvalue weighted by atomic mass is 35.5. The number of carboxylic acids is 1. The molecular weight excluding hydrogens is 443 g/mol. The Morgan fingerprint density at radius 1 is 1.28 bits per heavy atom. The van der Waals surface area contributed by atoms with Crippen molar-refractivity contribution in [2.45, 2.75) is 31.8 Å². The Kier molecular flexibility index (Phi) is 9.37. The Balaban J connectivity index is 2.75. The van der Waals surface area contributed by atoms with Gasteiger partial charge in [-0.25, -0.2) is 14.0 Å². The van der Waals surface area contributed by atoms with Gasteiger partial charge >= 0.3 is 11.9 Å². The standard InChI is InChI=1S/C22H26ClFN2O6/c1-3-32-22(30)18-12-26(19(21(28)29)6-7-31-2)20(27)10-17(18)16-9-14(23)5-4-13(16)8-15(25)11-24/h4-5,9-10,12,15,19H,3,6-8,11,25H2,1-2H3,(H,28,29). The molecule has 0 radical (unpaired) electrons. The molecule has 2 aromatic rings. The summed E-state index contributed by atoms with van der Waals surface area (Å²) in [5.74, 6) is -1.99. The molecule has 10 heteroatoms. The number of benzene rings is 1. The van der Waals surface area contributed by atoms with Crippen LogP contribution in [0.1, 0.15) is 35.3 Å². The van der Waals surface area contributed by atoms with Gasteiger partial charge in [0, 0.05) is 49.0 Å². The highest BCUT2D eigenvalue weighted by Crippen LogP contribution is 2.31. The number of nitrogens with two attached hydrogens (primary N) is 1. The van der Waals surface area contributed by atoms with E-state index in [1.54, 1.807) is 25.1 Å². The molecule has 0 aliphatic heterocycles. The van der Waals surface area contributed by atoms with Crippen molar-refractivity contribution in [2.75, 3.05) is 27.0 Å². The third kappa shape index (κ3) is 6.15. The lowest BCUT2D eigenvalue weighted by atomic mass is 9.93. The van der Waals surface area contributed by atoms with Crippen molar-refractivity contribution >= 4 is 23.5 Å². The number of alkyl halides is 1. The number of carbonyl (C=O) groups excluding carboxylic acids is 1. The zero-order chi connectivity index (χ0) is 23.8. The number of carboxylic acid groups (broad SMARTS) is 1. The van der Waals surface area contributed by atoms with Crippen LogP contribution >= 0.6 is 11.6 Å². The van der Waals surface area contributed by atoms with Crippen molar-refractivity contribution in [2.24, 2.45) is 5.73 Å². The van der Waals surface area contributed by atoms with E-state index in [9.17, 15) is 23.9 Å². The van der Waals surface area contributed by atoms with Crippen LogP contribution in [0.25, 0.3) is 11.1 Å². The molecule has 0 saturated carbocycles. The fourth-order valence-corrected chi connectivity index (χ4v) is 3.48. The van der Waals surface area contributed by atoms with Crippen molar-refractivity contribution in [3.8, 4) is 11.1 Å². The van der Waals surface area contributed by atoms with Gasteiger partial charge in [-0.05, 0) is 36.6 Å². The highest BCUT2D eigenvalue weighted by molar-refractivity contribution is 6.31. The summed E-state index contributed by atoms with van der Waals surface area (Å²) in [5.41, 5.74) is 6.30. The minimum absolute atomic E-state index is 0.0150. The van der Waals surface area contributed by atoms with E-state index in [1.165, 1.54) is 13.3 Å². The number of methoxy groups -OCH3 is 1. The van der Waals surface area contributed by atoms with Gasteiger partial charge in [0.1, 0.15) is 12.7 Å². The quantitative estimate of drug-likeness (QED) is 0.486. The van der Waals surface area contributed by atoms with Gasteiger partial charge in [0.05, 0.1) is 12.2 Å². The Hall–Kier alpha value is -2.75. The van der Waals surface area contributed by atoms with Crippen molar-refractivity contribution in [3.05, 3.63) is 57.0 Å². The van der Waals surface area contributed by atoms with Crippen LogP contribution in [0.2, 0.25) is 5.02 Å². The summed E-state index contributed by atoms with van der Waals surface area (Å²) in [7, 11) is 1.41. The number of esters is 1. The van der Waals surface area contributed by atoms with Gasteiger partial charge in [-0.1, -0.05) is 17.7 Å². The van der Waals surface area contributed by atoms with E-state index in [1.807, 2.05) is 0 Å². The Labute approximate surface area is 189 Å². The second-order valence-corrected chi connectivity index (χ2v) is 7.56. The van der Waals surface area contributed by atoms with E-state index in [0.29, 0.717) is 16.1 Å². The monoisotopic (exact) mass is 468 g/mol. The molecule has 174 valence electrons. The van der Waals surface area contributed by atoms with Gasteiger partial charge in [-0.3, -0.25) is 4.79 Å². The van der Waals surface area contributed by atoms with Gasteiger partial charge in [0.15, 0.2) is 0 Å². The maximum atomic E-state index is 13.0. The summed E-state index contributed by atoms with van der Waals surface area (Å²) in [5, 5.41) is 9.94. The lowest BCUT2D eigenvalue weighted by Gasteiger charge is -2.20. The van der Waals surface area contributed by atoms with E-state index in [0.717, 1.165) is 10.6 Å². The molecule has 0 spiro atoms. The maximum Gasteiger partial charge on any atom is 0.340 e. The largest absolute Gasteiger partial charge is 0.480 e. The van der Waals surface area contributed by atoms with Crippen LogP contribution < -0.4 is 11.3 Å². The van der Waals surface area contributed by atoms with Crippen molar-refractivity contribution in [1.82, 2.24) is 4.57 Å². The first-order valence-corrected chi connectivity index (χ1v) is 10.4. The molecular formula is C22H26ClFN2O6. The number of hydrogen-bond donors (Lipinski definition) is 2. The molecule has 3 N–H and O–H groups in total. The van der Waals surface area contributed by atoms with Gasteiger partial charge in [-0.2, -0.15) is 0 Å². The average Bonchev–Trinajstić information content (AvgIpc) is 2.75. The van der Waals surface area contributed by atoms with Gasteiger partial charge < -0.3 is 24.9 Å². The van der Waals surface area contributed by atoms with E-state index in [4.69, 9.17) is 26.8 Å². The van der Waals surface area contributed by atoms with E-state index < -0.39 is 36.3 Å². The molecule has 2 rings (SSSR count). The predicted molar refractivity (Wildman–Crippen MR) is 118 cm³/mol. The minimum atomic E-state index is -1.25. The normalized spacial score (nSPS) is 12.9. The van der Waals surface area contributed by atoms with Crippen molar-refractivity contribution in [1.29, 1.82) is 0 Å². The summed E-state index contributed by atoms with van der Waals surface area (Å²) in [4.78, 5) is 37.4. The number of rotatable bonds is 11. The van der Waals surface area contributed by atoms with Crippen molar-refractivity contribution in [3.63, 3.8) is 0 Å². The molecule has 0 amide bonds. The van der Waals surface area contributed by atoms with E-state index >= 15 is 0 Å². The molecule has 1 aromatic heterocycles. The average molecular weight is 469 g/mol. The maximum absolute atomic E-state index is 13.0. The van der Waals surface area contributed by atoms with Gasteiger partial charge in [0.2, 0.25) is 0 Å². The van der Waals surface area contributed by atoms with E-state index in [2.05, 4.69) is 0 Å². The predicted octanol–water partition coefficient (Wildman–Crippen LogP) is 2.85. The third-order valence-electron chi connectivity index (χ3n) is 4.83. The Morgan fingerprint density at radius 2 is 2.00 bits per heavy atom. The number of ether oxygens (including phenoxy) is 2. The SMILES string of the molecule is CCOC(=O)c1cn(C(CCOC)C(=O)O)c(=O)cc1-c1cc(Cl)ccc1CC(N)CF. The number of nitrogens with zero attached hydrogens (tertiary/aromatic N) is 1. The number of pyridine rings is 1. The van der Waals surface area contributed by atoms with Crippen molar-refractivity contribution < 1.29 is 28.6 Å². The highest BCUT2D eigenvalue weighted by Gasteiger charge is 2.25. The summed E-state index contributed by atoms with van der Waals surface area (Å²) < 4.78 is 24.1. The molecule has 0 aliphatic rings. The number of carbonyl (C=O) groups is 2. The number of halogens is 2. The lowest BCUT2D eigenvalue weighted by Crippen LogP contribution is -2.31. The van der Waals surface area contributed by atoms with Crippen LogP contribution in [-0.2, 0) is 20.7 Å². The van der Waals surface area contributed by atoms with Crippen LogP contribution in [0.3, 0.4) is 0 Å².